The molecule has 0 bridgehead atoms. The van der Waals surface area contributed by atoms with Crippen molar-refractivity contribution in [3.63, 3.8) is 0 Å². The maximum Gasteiger partial charge on any atom is 0.138 e. The van der Waals surface area contributed by atoms with E-state index in [1.165, 1.54) is 6.07 Å². The van der Waals surface area contributed by atoms with Crippen LogP contribution in [-0.2, 0) is 6.54 Å². The second kappa shape index (κ2) is 7.56. The van der Waals surface area contributed by atoms with Gasteiger partial charge in [-0.25, -0.2) is 4.39 Å². The van der Waals surface area contributed by atoms with Crippen LogP contribution >= 0.6 is 0 Å². The maximum absolute atomic E-state index is 13.7. The zero-order chi connectivity index (χ0) is 15.2. The predicted octanol–water partition coefficient (Wildman–Crippen LogP) is 1.66. The Morgan fingerprint density at radius 2 is 2.19 bits per heavy atom. The van der Waals surface area contributed by atoms with Crippen molar-refractivity contribution in [2.45, 2.75) is 26.4 Å². The van der Waals surface area contributed by atoms with Gasteiger partial charge in [-0.1, -0.05) is 24.8 Å². The van der Waals surface area contributed by atoms with Crippen molar-refractivity contribution in [1.29, 1.82) is 0 Å². The Hall–Kier alpha value is -1.41. The van der Waals surface area contributed by atoms with Gasteiger partial charge in [0.25, 0.3) is 0 Å². The number of hydrogen-bond donors (Lipinski definition) is 1. The molecule has 1 aromatic rings. The fraction of sp³-hybridized carbons (Fsp3) is 0.529. The van der Waals surface area contributed by atoms with Crippen molar-refractivity contribution in [1.82, 2.24) is 9.80 Å². The van der Waals surface area contributed by atoms with Crippen LogP contribution in [0.1, 0.15) is 25.0 Å². The summed E-state index contributed by atoms with van der Waals surface area (Å²) in [6, 6.07) is 5.76. The molecule has 1 fully saturated rings. The fourth-order valence-corrected chi connectivity index (χ4v) is 2.86. The molecule has 1 heterocycles. The van der Waals surface area contributed by atoms with Gasteiger partial charge in [0, 0.05) is 32.2 Å². The second-order valence-corrected chi connectivity index (χ2v) is 5.53. The minimum Gasteiger partial charge on any atom is -0.320 e. The molecule has 0 aliphatic carbocycles. The van der Waals surface area contributed by atoms with Gasteiger partial charge in [-0.3, -0.25) is 9.80 Å². The number of halogens is 1. The fourth-order valence-electron chi connectivity index (χ4n) is 2.86. The van der Waals surface area contributed by atoms with Crippen LogP contribution in [0.5, 0.6) is 0 Å². The van der Waals surface area contributed by atoms with Crippen LogP contribution < -0.4 is 5.73 Å². The number of benzene rings is 1. The van der Waals surface area contributed by atoms with Crippen molar-refractivity contribution in [2.75, 3.05) is 32.7 Å². The SMILES string of the molecule is CCN1CCN(Cc2ccc(F)c(C#CCN)c2)CC1C. The molecule has 1 aliphatic heterocycles. The van der Waals surface area contributed by atoms with Crippen LogP contribution in [0.25, 0.3) is 0 Å². The van der Waals surface area contributed by atoms with Gasteiger partial charge in [0.2, 0.25) is 0 Å². The molecule has 0 spiro atoms. The molecule has 21 heavy (non-hydrogen) atoms. The minimum absolute atomic E-state index is 0.250. The highest BCUT2D eigenvalue weighted by molar-refractivity contribution is 5.38. The van der Waals surface area contributed by atoms with E-state index in [2.05, 4.69) is 35.5 Å². The van der Waals surface area contributed by atoms with E-state index < -0.39 is 0 Å². The highest BCUT2D eigenvalue weighted by atomic mass is 19.1. The van der Waals surface area contributed by atoms with E-state index in [1.54, 1.807) is 0 Å². The first-order valence-corrected chi connectivity index (χ1v) is 7.57. The normalized spacial score (nSPS) is 20.1. The van der Waals surface area contributed by atoms with Gasteiger partial charge in [0.05, 0.1) is 12.1 Å². The summed E-state index contributed by atoms with van der Waals surface area (Å²) >= 11 is 0. The quantitative estimate of drug-likeness (QED) is 0.859. The first-order valence-electron chi connectivity index (χ1n) is 7.57. The van der Waals surface area contributed by atoms with Gasteiger partial charge in [-0.15, -0.1) is 0 Å². The van der Waals surface area contributed by atoms with E-state index in [0.29, 0.717) is 11.6 Å². The van der Waals surface area contributed by atoms with Gasteiger partial charge in [-0.2, -0.15) is 0 Å². The van der Waals surface area contributed by atoms with E-state index in [1.807, 2.05) is 12.1 Å². The Kier molecular flexibility index (Phi) is 5.75. The summed E-state index contributed by atoms with van der Waals surface area (Å²) < 4.78 is 13.7. The van der Waals surface area contributed by atoms with Crippen LogP contribution in [0.15, 0.2) is 18.2 Å². The summed E-state index contributed by atoms with van der Waals surface area (Å²) in [7, 11) is 0. The molecule has 1 aliphatic rings. The lowest BCUT2D eigenvalue weighted by atomic mass is 10.1. The first kappa shape index (κ1) is 16.0. The number of likely N-dealkylation sites (N-methyl/N-ethyl adjacent to an activating group) is 1. The van der Waals surface area contributed by atoms with Crippen molar-refractivity contribution in [2.24, 2.45) is 5.73 Å². The lowest BCUT2D eigenvalue weighted by molar-refractivity contribution is 0.0834. The smallest absolute Gasteiger partial charge is 0.138 e. The Morgan fingerprint density at radius 1 is 1.38 bits per heavy atom. The standard InChI is InChI=1S/C17H24FN3/c1-3-21-10-9-20(12-14(21)2)13-15-6-7-17(18)16(11-15)5-4-8-19/h6-7,11,14H,3,8-10,12-13,19H2,1-2H3. The summed E-state index contributed by atoms with van der Waals surface area (Å²) in [5, 5.41) is 0. The van der Waals surface area contributed by atoms with Crippen molar-refractivity contribution >= 4 is 0 Å². The second-order valence-electron chi connectivity index (χ2n) is 5.53. The van der Waals surface area contributed by atoms with Crippen LogP contribution in [0.2, 0.25) is 0 Å². The lowest BCUT2D eigenvalue weighted by Gasteiger charge is -2.39. The molecule has 114 valence electrons. The third-order valence-electron chi connectivity index (χ3n) is 4.02. The molecule has 4 heteroatoms. The monoisotopic (exact) mass is 289 g/mol. The molecule has 1 saturated heterocycles. The zero-order valence-corrected chi connectivity index (χ0v) is 12.9. The molecular formula is C17H24FN3. The van der Waals surface area contributed by atoms with Gasteiger partial charge >= 0.3 is 0 Å². The van der Waals surface area contributed by atoms with Crippen LogP contribution in [0.4, 0.5) is 4.39 Å². The molecule has 0 aromatic heterocycles. The summed E-state index contributed by atoms with van der Waals surface area (Å²) in [5.74, 6) is 5.24. The largest absolute Gasteiger partial charge is 0.320 e. The average molecular weight is 289 g/mol. The van der Waals surface area contributed by atoms with Gasteiger partial charge < -0.3 is 5.73 Å². The summed E-state index contributed by atoms with van der Waals surface area (Å²) in [6.45, 7) is 9.87. The molecule has 2 rings (SSSR count). The zero-order valence-electron chi connectivity index (χ0n) is 12.9. The molecule has 3 nitrogen and oxygen atoms in total. The average Bonchev–Trinajstić information content (AvgIpc) is 2.48. The topological polar surface area (TPSA) is 32.5 Å². The van der Waals surface area contributed by atoms with E-state index in [9.17, 15) is 4.39 Å². The number of nitrogens with two attached hydrogens (primary N) is 1. The Morgan fingerprint density at radius 3 is 2.86 bits per heavy atom. The molecule has 2 N–H and O–H groups in total. The summed E-state index contributed by atoms with van der Waals surface area (Å²) in [4.78, 5) is 4.91. The van der Waals surface area contributed by atoms with E-state index in [-0.39, 0.29) is 12.4 Å². The molecule has 0 amide bonds. The van der Waals surface area contributed by atoms with E-state index in [0.717, 1.165) is 38.3 Å². The molecule has 0 saturated carbocycles. The van der Waals surface area contributed by atoms with Crippen LogP contribution in [0, 0.1) is 17.7 Å². The van der Waals surface area contributed by atoms with Gasteiger partial charge in [0.1, 0.15) is 5.82 Å². The number of nitrogens with zero attached hydrogens (tertiary/aromatic N) is 2. The molecular weight excluding hydrogens is 265 g/mol. The lowest BCUT2D eigenvalue weighted by Crippen LogP contribution is -2.51. The number of rotatable bonds is 3. The Labute approximate surface area is 126 Å². The molecule has 1 atom stereocenters. The van der Waals surface area contributed by atoms with Crippen LogP contribution in [0.3, 0.4) is 0 Å². The third kappa shape index (κ3) is 4.28. The Balaban J connectivity index is 2.03. The van der Waals surface area contributed by atoms with Gasteiger partial charge in [-0.05, 0) is 31.2 Å². The molecule has 0 radical (unpaired) electrons. The molecule has 1 unspecified atom stereocenters. The summed E-state index contributed by atoms with van der Waals surface area (Å²) in [6.07, 6.45) is 0. The Bertz CT molecular complexity index is 533. The van der Waals surface area contributed by atoms with E-state index >= 15 is 0 Å². The highest BCUT2D eigenvalue weighted by Gasteiger charge is 2.22. The maximum atomic E-state index is 13.7. The molecule has 1 aromatic carbocycles. The van der Waals surface area contributed by atoms with Crippen molar-refractivity contribution < 1.29 is 4.39 Å². The number of hydrogen-bond acceptors (Lipinski definition) is 3. The third-order valence-corrected chi connectivity index (χ3v) is 4.02. The predicted molar refractivity (Wildman–Crippen MR) is 84.3 cm³/mol. The van der Waals surface area contributed by atoms with Crippen molar-refractivity contribution in [3.8, 4) is 11.8 Å². The number of piperazine rings is 1. The van der Waals surface area contributed by atoms with Crippen molar-refractivity contribution in [3.05, 3.63) is 35.1 Å². The minimum atomic E-state index is -0.274. The van der Waals surface area contributed by atoms with E-state index in [4.69, 9.17) is 5.73 Å². The summed E-state index contributed by atoms with van der Waals surface area (Å²) in [5.41, 5.74) is 6.90. The first-order chi connectivity index (χ1) is 10.1. The van der Waals surface area contributed by atoms with Crippen LogP contribution in [-0.4, -0.2) is 48.6 Å². The van der Waals surface area contributed by atoms with Gasteiger partial charge in [0.15, 0.2) is 0 Å². The highest BCUT2D eigenvalue weighted by Crippen LogP contribution is 2.15.